The van der Waals surface area contributed by atoms with Gasteiger partial charge in [-0.25, -0.2) is 0 Å². The molecule has 3 heteroatoms. The van der Waals surface area contributed by atoms with Gasteiger partial charge in [0.15, 0.2) is 0 Å². The standard InChI is InChI=1S/C14H16N2O/c1-16(2)13-9-17-15-14(13)12-7-10-5-3-4-6-11(10)8-12/h3-6,9,12H,7-8H2,1-2H3. The zero-order valence-electron chi connectivity index (χ0n) is 10.2. The highest BCUT2D eigenvalue weighted by Gasteiger charge is 2.27. The minimum absolute atomic E-state index is 0.462. The molecule has 1 heterocycles. The maximum atomic E-state index is 5.13. The molecule has 1 aromatic carbocycles. The van der Waals surface area contributed by atoms with Gasteiger partial charge in [0.2, 0.25) is 0 Å². The molecular formula is C14H16N2O. The molecule has 2 aromatic rings. The van der Waals surface area contributed by atoms with E-state index in [2.05, 4.69) is 34.3 Å². The fraction of sp³-hybridized carbons (Fsp3) is 0.357. The van der Waals surface area contributed by atoms with Gasteiger partial charge in [-0.2, -0.15) is 0 Å². The molecule has 0 fully saturated rings. The van der Waals surface area contributed by atoms with Crippen LogP contribution in [0, 0.1) is 0 Å². The second kappa shape index (κ2) is 3.91. The number of nitrogens with zero attached hydrogens (tertiary/aromatic N) is 2. The molecule has 88 valence electrons. The number of aromatic nitrogens is 1. The highest BCUT2D eigenvalue weighted by atomic mass is 16.5. The Kier molecular flexibility index (Phi) is 2.39. The Labute approximate surface area is 101 Å². The zero-order valence-corrected chi connectivity index (χ0v) is 10.2. The summed E-state index contributed by atoms with van der Waals surface area (Å²) < 4.78 is 5.13. The molecule has 3 nitrogen and oxygen atoms in total. The predicted octanol–water partition coefficient (Wildman–Crippen LogP) is 2.62. The van der Waals surface area contributed by atoms with Gasteiger partial charge in [-0.05, 0) is 24.0 Å². The number of rotatable bonds is 2. The Morgan fingerprint density at radius 1 is 1.18 bits per heavy atom. The molecule has 3 rings (SSSR count). The lowest BCUT2D eigenvalue weighted by Crippen LogP contribution is -2.12. The van der Waals surface area contributed by atoms with Crippen molar-refractivity contribution in [1.29, 1.82) is 0 Å². The Morgan fingerprint density at radius 3 is 2.41 bits per heavy atom. The van der Waals surface area contributed by atoms with Crippen LogP contribution in [0.3, 0.4) is 0 Å². The SMILES string of the molecule is CN(C)c1conc1C1Cc2ccccc2C1. The third-order valence-corrected chi connectivity index (χ3v) is 3.50. The van der Waals surface area contributed by atoms with E-state index in [0.29, 0.717) is 5.92 Å². The van der Waals surface area contributed by atoms with Gasteiger partial charge in [0.25, 0.3) is 0 Å². The molecule has 0 amide bonds. The third kappa shape index (κ3) is 1.71. The molecule has 0 N–H and O–H groups in total. The van der Waals surface area contributed by atoms with E-state index >= 15 is 0 Å². The number of anilines is 1. The van der Waals surface area contributed by atoms with E-state index in [4.69, 9.17) is 4.52 Å². The average Bonchev–Trinajstić information content (AvgIpc) is 2.95. The van der Waals surface area contributed by atoms with Crippen LogP contribution in [-0.4, -0.2) is 19.3 Å². The average molecular weight is 228 g/mol. The molecule has 0 bridgehead atoms. The van der Waals surface area contributed by atoms with Gasteiger partial charge in [-0.15, -0.1) is 0 Å². The first-order valence-corrected chi connectivity index (χ1v) is 5.94. The summed E-state index contributed by atoms with van der Waals surface area (Å²) in [6, 6.07) is 8.64. The van der Waals surface area contributed by atoms with Gasteiger partial charge >= 0.3 is 0 Å². The van der Waals surface area contributed by atoms with Crippen LogP contribution < -0.4 is 4.90 Å². The Morgan fingerprint density at radius 2 is 1.82 bits per heavy atom. The van der Waals surface area contributed by atoms with Crippen LogP contribution in [0.5, 0.6) is 0 Å². The van der Waals surface area contributed by atoms with Crippen molar-refractivity contribution in [2.24, 2.45) is 0 Å². The number of hydrogen-bond donors (Lipinski definition) is 0. The molecule has 0 radical (unpaired) electrons. The van der Waals surface area contributed by atoms with Gasteiger partial charge in [0, 0.05) is 20.0 Å². The van der Waals surface area contributed by atoms with Crippen LogP contribution in [0.25, 0.3) is 0 Å². The summed E-state index contributed by atoms with van der Waals surface area (Å²) in [5, 5.41) is 4.19. The quantitative estimate of drug-likeness (QED) is 0.791. The minimum atomic E-state index is 0.462. The van der Waals surface area contributed by atoms with Crippen molar-refractivity contribution in [3.05, 3.63) is 47.3 Å². The molecule has 0 saturated heterocycles. The second-order valence-corrected chi connectivity index (χ2v) is 4.85. The largest absolute Gasteiger partial charge is 0.373 e. The summed E-state index contributed by atoms with van der Waals surface area (Å²) in [7, 11) is 4.05. The first-order valence-electron chi connectivity index (χ1n) is 5.94. The summed E-state index contributed by atoms with van der Waals surface area (Å²) in [6.07, 6.45) is 3.88. The van der Waals surface area contributed by atoms with Crippen LogP contribution in [-0.2, 0) is 12.8 Å². The molecule has 0 unspecified atom stereocenters. The minimum Gasteiger partial charge on any atom is -0.373 e. The van der Waals surface area contributed by atoms with Gasteiger partial charge in [0.1, 0.15) is 17.6 Å². The maximum Gasteiger partial charge on any atom is 0.147 e. The topological polar surface area (TPSA) is 29.3 Å². The van der Waals surface area contributed by atoms with Crippen LogP contribution in [0.4, 0.5) is 5.69 Å². The lowest BCUT2D eigenvalue weighted by Gasteiger charge is -2.13. The Hall–Kier alpha value is -1.77. The van der Waals surface area contributed by atoms with Crippen LogP contribution in [0.1, 0.15) is 22.7 Å². The van der Waals surface area contributed by atoms with E-state index in [9.17, 15) is 0 Å². The van der Waals surface area contributed by atoms with Crippen LogP contribution in [0.2, 0.25) is 0 Å². The smallest absolute Gasteiger partial charge is 0.147 e. The van der Waals surface area contributed by atoms with Gasteiger partial charge in [0.05, 0.1) is 0 Å². The summed E-state index contributed by atoms with van der Waals surface area (Å²) in [5.74, 6) is 0.462. The summed E-state index contributed by atoms with van der Waals surface area (Å²) in [5.41, 5.74) is 5.09. The zero-order chi connectivity index (χ0) is 11.8. The van der Waals surface area contributed by atoms with Gasteiger partial charge in [-0.1, -0.05) is 29.4 Å². The molecule has 1 aliphatic carbocycles. The number of benzene rings is 1. The first-order chi connectivity index (χ1) is 8.25. The molecular weight excluding hydrogens is 212 g/mol. The number of hydrogen-bond acceptors (Lipinski definition) is 3. The van der Waals surface area contributed by atoms with E-state index in [1.165, 1.54) is 11.1 Å². The van der Waals surface area contributed by atoms with Gasteiger partial charge < -0.3 is 9.42 Å². The van der Waals surface area contributed by atoms with Crippen LogP contribution >= 0.6 is 0 Å². The van der Waals surface area contributed by atoms with Crippen molar-refractivity contribution in [2.45, 2.75) is 18.8 Å². The third-order valence-electron chi connectivity index (χ3n) is 3.50. The van der Waals surface area contributed by atoms with Crippen molar-refractivity contribution in [3.8, 4) is 0 Å². The molecule has 0 atom stereocenters. The lowest BCUT2D eigenvalue weighted by atomic mass is 10.0. The van der Waals surface area contributed by atoms with E-state index in [1.54, 1.807) is 6.26 Å². The van der Waals surface area contributed by atoms with Crippen molar-refractivity contribution in [3.63, 3.8) is 0 Å². The first kappa shape index (κ1) is 10.4. The Balaban J connectivity index is 1.91. The second-order valence-electron chi connectivity index (χ2n) is 4.85. The van der Waals surface area contributed by atoms with E-state index in [0.717, 1.165) is 24.2 Å². The monoisotopic (exact) mass is 228 g/mol. The molecule has 0 aliphatic heterocycles. The van der Waals surface area contributed by atoms with E-state index in [1.807, 2.05) is 14.1 Å². The molecule has 0 spiro atoms. The highest BCUT2D eigenvalue weighted by Crippen LogP contribution is 2.36. The molecule has 0 saturated carbocycles. The fourth-order valence-corrected chi connectivity index (χ4v) is 2.61. The Bertz CT molecular complexity index is 506. The van der Waals surface area contributed by atoms with Gasteiger partial charge in [-0.3, -0.25) is 0 Å². The summed E-state index contributed by atoms with van der Waals surface area (Å²) >= 11 is 0. The summed E-state index contributed by atoms with van der Waals surface area (Å²) in [4.78, 5) is 2.06. The fourth-order valence-electron chi connectivity index (χ4n) is 2.61. The van der Waals surface area contributed by atoms with E-state index < -0.39 is 0 Å². The molecule has 1 aromatic heterocycles. The lowest BCUT2D eigenvalue weighted by molar-refractivity contribution is 0.405. The highest BCUT2D eigenvalue weighted by molar-refractivity contribution is 5.50. The van der Waals surface area contributed by atoms with Crippen molar-refractivity contribution < 1.29 is 4.52 Å². The molecule has 17 heavy (non-hydrogen) atoms. The van der Waals surface area contributed by atoms with E-state index in [-0.39, 0.29) is 0 Å². The molecule has 1 aliphatic rings. The number of fused-ring (bicyclic) bond motifs is 1. The normalized spacial score (nSPS) is 14.9. The van der Waals surface area contributed by atoms with Crippen molar-refractivity contribution in [2.75, 3.05) is 19.0 Å². The predicted molar refractivity (Wildman–Crippen MR) is 67.4 cm³/mol. The van der Waals surface area contributed by atoms with Crippen LogP contribution in [0.15, 0.2) is 35.1 Å². The maximum absolute atomic E-state index is 5.13. The van der Waals surface area contributed by atoms with Crippen molar-refractivity contribution in [1.82, 2.24) is 5.16 Å². The summed E-state index contributed by atoms with van der Waals surface area (Å²) in [6.45, 7) is 0. The van der Waals surface area contributed by atoms with Crippen molar-refractivity contribution >= 4 is 5.69 Å².